The third-order valence-corrected chi connectivity index (χ3v) is 13.7. The number of unbranched alkanes of at least 4 members (excludes halogenated alkanes) is 27. The van der Waals surface area contributed by atoms with E-state index in [0.717, 1.165) is 44.9 Å². The van der Waals surface area contributed by atoms with Gasteiger partial charge in [0.1, 0.15) is 61.0 Å². The number of carbonyl (C=O) groups excluding carboxylic acids is 1. The van der Waals surface area contributed by atoms with Gasteiger partial charge in [0.25, 0.3) is 0 Å². The molecule has 16 nitrogen and oxygen atoms in total. The first kappa shape index (κ1) is 62.0. The van der Waals surface area contributed by atoms with Gasteiger partial charge in [-0.2, -0.15) is 0 Å². The molecule has 2 heterocycles. The summed E-state index contributed by atoms with van der Waals surface area (Å²) in [6.07, 6.45) is 14.1. The summed E-state index contributed by atoms with van der Waals surface area (Å²) < 4.78 is 22.6. The lowest BCUT2D eigenvalue weighted by molar-refractivity contribution is -0.332. The molecule has 2 aliphatic heterocycles. The number of carbonyl (C=O) groups is 1. The molecule has 2 saturated heterocycles. The lowest BCUT2D eigenvalue weighted by Crippen LogP contribution is -2.62. The molecule has 2 fully saturated rings. The quantitative estimate of drug-likeness (QED) is 0.0345. The van der Waals surface area contributed by atoms with Crippen molar-refractivity contribution in [3.8, 4) is 0 Å². The Balaban J connectivity index is 1.91. The molecule has 0 radical (unpaired) electrons. The van der Waals surface area contributed by atoms with Crippen LogP contribution in [-0.4, -0.2) is 163 Å². The van der Waals surface area contributed by atoms with Crippen LogP contribution in [0.1, 0.15) is 213 Å². The summed E-state index contributed by atoms with van der Waals surface area (Å²) in [5.74, 6) is -0.762. The molecule has 0 aromatic carbocycles. The minimum absolute atomic E-state index is 0.203. The molecule has 16 heteroatoms. The van der Waals surface area contributed by atoms with Gasteiger partial charge in [0, 0.05) is 0 Å². The van der Waals surface area contributed by atoms with Crippen LogP contribution in [0.2, 0.25) is 0 Å². The fourth-order valence-electron chi connectivity index (χ4n) is 9.24. The minimum atomic E-state index is -1.82. The van der Waals surface area contributed by atoms with Crippen molar-refractivity contribution in [1.82, 2.24) is 5.32 Å². The van der Waals surface area contributed by atoms with E-state index in [1.54, 1.807) is 0 Å². The Morgan fingerprint density at radius 1 is 0.537 bits per heavy atom. The van der Waals surface area contributed by atoms with Crippen LogP contribution in [0.4, 0.5) is 0 Å². The lowest BCUT2D eigenvalue weighted by atomic mass is 9.98. The molecule has 1 amide bonds. The van der Waals surface area contributed by atoms with Gasteiger partial charge in [0.2, 0.25) is 5.91 Å². The first-order valence-electron chi connectivity index (χ1n) is 27.0. The fraction of sp³-hybridized carbons (Fsp3) is 0.980. The topological polar surface area (TPSA) is 268 Å². The Bertz CT molecular complexity index is 1180. The van der Waals surface area contributed by atoms with E-state index in [0.29, 0.717) is 12.8 Å². The average molecular weight is 966 g/mol. The number of hydrogen-bond acceptors (Lipinski definition) is 15. The molecule has 398 valence electrons. The van der Waals surface area contributed by atoms with Gasteiger partial charge in [-0.15, -0.1) is 0 Å². The molecular formula is C51H99NO15. The fourth-order valence-corrected chi connectivity index (χ4v) is 9.24. The van der Waals surface area contributed by atoms with Crippen LogP contribution >= 0.6 is 0 Å². The molecule has 0 aromatic rings. The van der Waals surface area contributed by atoms with Crippen LogP contribution in [0.25, 0.3) is 0 Å². The minimum Gasteiger partial charge on any atom is -0.394 e. The van der Waals surface area contributed by atoms with Crippen molar-refractivity contribution < 1.29 is 74.8 Å². The number of ether oxygens (including phenoxy) is 4. The normalized spacial score (nSPS) is 26.7. The van der Waals surface area contributed by atoms with E-state index in [1.165, 1.54) is 128 Å². The molecule has 0 aromatic heterocycles. The largest absolute Gasteiger partial charge is 0.394 e. The van der Waals surface area contributed by atoms with Crippen molar-refractivity contribution >= 4 is 5.91 Å². The van der Waals surface area contributed by atoms with E-state index in [-0.39, 0.29) is 12.8 Å². The predicted molar refractivity (Wildman–Crippen MR) is 257 cm³/mol. The van der Waals surface area contributed by atoms with E-state index < -0.39 is 111 Å². The molecule has 0 spiro atoms. The van der Waals surface area contributed by atoms with Crippen molar-refractivity contribution in [2.24, 2.45) is 0 Å². The second-order valence-corrected chi connectivity index (χ2v) is 19.7. The maximum Gasteiger partial charge on any atom is 0.249 e. The SMILES string of the molecule is CCCCCCCCCCCCCCCCCCC(O)C(=O)NC(COC1OC(CO)C(O)C(OC2OC(C(O)CO)C(O)C2O)C1O)C(O)C(O)CCCCCCCCCCCCCCC. The van der Waals surface area contributed by atoms with Gasteiger partial charge in [-0.25, -0.2) is 0 Å². The van der Waals surface area contributed by atoms with Crippen molar-refractivity contribution in [3.05, 3.63) is 0 Å². The van der Waals surface area contributed by atoms with Gasteiger partial charge in [-0.05, 0) is 12.8 Å². The van der Waals surface area contributed by atoms with Crippen LogP contribution in [-0.2, 0) is 23.7 Å². The van der Waals surface area contributed by atoms with Crippen LogP contribution < -0.4 is 5.32 Å². The summed E-state index contributed by atoms with van der Waals surface area (Å²) in [6, 6.07) is -1.28. The van der Waals surface area contributed by atoms with Crippen molar-refractivity contribution in [2.45, 2.75) is 299 Å². The molecule has 67 heavy (non-hydrogen) atoms. The van der Waals surface area contributed by atoms with Gasteiger partial charge in [0.15, 0.2) is 12.6 Å². The summed E-state index contributed by atoms with van der Waals surface area (Å²) in [7, 11) is 0. The maximum atomic E-state index is 13.3. The highest BCUT2D eigenvalue weighted by atomic mass is 16.7. The zero-order valence-corrected chi connectivity index (χ0v) is 41.6. The number of aliphatic hydroxyl groups excluding tert-OH is 10. The van der Waals surface area contributed by atoms with Crippen molar-refractivity contribution in [3.63, 3.8) is 0 Å². The Hall–Kier alpha value is -1.09. The summed E-state index contributed by atoms with van der Waals surface area (Å²) >= 11 is 0. The number of rotatable bonds is 43. The Kier molecular flexibility index (Phi) is 35.7. The van der Waals surface area contributed by atoms with Gasteiger partial charge in [-0.1, -0.05) is 200 Å². The Morgan fingerprint density at radius 2 is 0.970 bits per heavy atom. The Morgan fingerprint density at radius 3 is 1.40 bits per heavy atom. The summed E-state index contributed by atoms with van der Waals surface area (Å²) in [4.78, 5) is 13.3. The summed E-state index contributed by atoms with van der Waals surface area (Å²) in [6.45, 7) is 2.38. The highest BCUT2D eigenvalue weighted by molar-refractivity contribution is 5.80. The molecule has 2 aliphatic rings. The standard InChI is InChI=1S/C51H99NO15/c1-3-5-7-9-11-13-15-17-18-19-21-23-25-27-29-31-33-39(56)49(63)52-37(42(58)38(55)32-30-28-26-24-22-20-16-14-12-10-8-6-4-2)36-64-50-46(62)48(43(59)41(35-54)65-50)67-51-45(61)44(60)47(66-51)40(57)34-53/h37-48,50-51,53-62H,3-36H2,1-2H3,(H,52,63). The van der Waals surface area contributed by atoms with Gasteiger partial charge in [-0.3, -0.25) is 4.79 Å². The smallest absolute Gasteiger partial charge is 0.249 e. The summed E-state index contributed by atoms with van der Waals surface area (Å²) in [5.41, 5.74) is 0. The second-order valence-electron chi connectivity index (χ2n) is 19.7. The van der Waals surface area contributed by atoms with Crippen LogP contribution in [0.15, 0.2) is 0 Å². The molecule has 14 atom stereocenters. The second kappa shape index (κ2) is 38.6. The molecule has 0 aliphatic carbocycles. The highest BCUT2D eigenvalue weighted by Crippen LogP contribution is 2.31. The molecular weight excluding hydrogens is 867 g/mol. The lowest BCUT2D eigenvalue weighted by Gasteiger charge is -2.43. The molecule has 14 unspecified atom stereocenters. The number of nitrogens with one attached hydrogen (secondary N) is 1. The van der Waals surface area contributed by atoms with Gasteiger partial charge >= 0.3 is 0 Å². The number of hydrogen-bond donors (Lipinski definition) is 11. The zero-order valence-electron chi connectivity index (χ0n) is 41.6. The van der Waals surface area contributed by atoms with E-state index in [9.17, 15) is 55.9 Å². The predicted octanol–water partition coefficient (Wildman–Crippen LogP) is 5.33. The third-order valence-electron chi connectivity index (χ3n) is 13.7. The van der Waals surface area contributed by atoms with E-state index in [2.05, 4.69) is 19.2 Å². The van der Waals surface area contributed by atoms with E-state index in [1.807, 2.05) is 0 Å². The molecule has 0 saturated carbocycles. The van der Waals surface area contributed by atoms with E-state index in [4.69, 9.17) is 18.9 Å². The first-order valence-corrected chi connectivity index (χ1v) is 27.0. The molecule has 11 N–H and O–H groups in total. The third kappa shape index (κ3) is 25.2. The van der Waals surface area contributed by atoms with Crippen molar-refractivity contribution in [1.29, 1.82) is 0 Å². The average Bonchev–Trinajstić information content (AvgIpc) is 3.61. The summed E-state index contributed by atoms with van der Waals surface area (Å²) in [5, 5.41) is 109. The maximum absolute atomic E-state index is 13.3. The van der Waals surface area contributed by atoms with Gasteiger partial charge < -0.3 is 75.3 Å². The first-order chi connectivity index (χ1) is 32.4. The van der Waals surface area contributed by atoms with E-state index >= 15 is 0 Å². The number of aliphatic hydroxyl groups is 10. The molecule has 2 rings (SSSR count). The zero-order chi connectivity index (χ0) is 49.2. The highest BCUT2D eigenvalue weighted by Gasteiger charge is 2.52. The van der Waals surface area contributed by atoms with Crippen LogP contribution in [0.3, 0.4) is 0 Å². The van der Waals surface area contributed by atoms with Crippen LogP contribution in [0, 0.1) is 0 Å². The Labute approximate surface area is 403 Å². The van der Waals surface area contributed by atoms with Gasteiger partial charge in [0.05, 0.1) is 32.0 Å². The van der Waals surface area contributed by atoms with Crippen LogP contribution in [0.5, 0.6) is 0 Å². The number of amides is 1. The van der Waals surface area contributed by atoms with Crippen molar-refractivity contribution in [2.75, 3.05) is 19.8 Å². The monoisotopic (exact) mass is 966 g/mol. The molecule has 0 bridgehead atoms.